The van der Waals surface area contributed by atoms with Crippen molar-refractivity contribution >= 4 is 33.8 Å². The van der Waals surface area contributed by atoms with E-state index in [-0.39, 0.29) is 0 Å². The molecule has 6 heteroatoms. The lowest BCUT2D eigenvalue weighted by Gasteiger charge is -2.24. The Labute approximate surface area is 130 Å². The van der Waals surface area contributed by atoms with Crippen molar-refractivity contribution in [3.63, 3.8) is 0 Å². The summed E-state index contributed by atoms with van der Waals surface area (Å²) in [6.45, 7) is 4.01. The number of ether oxygens (including phenoxy) is 1. The number of anilines is 1. The second-order valence-corrected chi connectivity index (χ2v) is 5.38. The Kier molecular flexibility index (Phi) is 5.41. The Hall–Kier alpha value is -1.79. The normalized spacial score (nSPS) is 10.8. The minimum absolute atomic E-state index is 0.502. The SMILES string of the molecule is COCCN(CCC(N)=S)c1nnc(C)c2ccccc12. The van der Waals surface area contributed by atoms with Gasteiger partial charge in [0.05, 0.1) is 17.3 Å². The van der Waals surface area contributed by atoms with Crippen LogP contribution in [0.4, 0.5) is 5.82 Å². The Morgan fingerprint density at radius 1 is 1.24 bits per heavy atom. The molecule has 21 heavy (non-hydrogen) atoms. The van der Waals surface area contributed by atoms with Crippen LogP contribution in [0.25, 0.3) is 10.8 Å². The van der Waals surface area contributed by atoms with Crippen LogP contribution in [0.1, 0.15) is 12.1 Å². The van der Waals surface area contributed by atoms with Crippen molar-refractivity contribution in [3.8, 4) is 0 Å². The number of rotatable bonds is 7. The summed E-state index contributed by atoms with van der Waals surface area (Å²) in [5.74, 6) is 0.851. The van der Waals surface area contributed by atoms with Crippen molar-refractivity contribution in [2.45, 2.75) is 13.3 Å². The Morgan fingerprint density at radius 3 is 2.62 bits per heavy atom. The van der Waals surface area contributed by atoms with Crippen molar-refractivity contribution in [1.82, 2.24) is 10.2 Å². The monoisotopic (exact) mass is 304 g/mol. The number of nitrogens with two attached hydrogens (primary N) is 1. The molecule has 112 valence electrons. The van der Waals surface area contributed by atoms with E-state index in [4.69, 9.17) is 22.7 Å². The average Bonchev–Trinajstić information content (AvgIpc) is 2.49. The van der Waals surface area contributed by atoms with E-state index in [1.165, 1.54) is 0 Å². The smallest absolute Gasteiger partial charge is 0.159 e. The molecule has 0 bridgehead atoms. The van der Waals surface area contributed by atoms with Gasteiger partial charge in [-0.25, -0.2) is 0 Å². The summed E-state index contributed by atoms with van der Waals surface area (Å²) in [5, 5.41) is 10.8. The van der Waals surface area contributed by atoms with Gasteiger partial charge in [-0.05, 0) is 6.92 Å². The second-order valence-electron chi connectivity index (χ2n) is 4.85. The predicted octanol–water partition coefficient (Wildman–Crippen LogP) is 2.07. The van der Waals surface area contributed by atoms with E-state index in [0.29, 0.717) is 24.6 Å². The quantitative estimate of drug-likeness (QED) is 0.790. The van der Waals surface area contributed by atoms with Gasteiger partial charge < -0.3 is 15.4 Å². The molecule has 0 unspecified atom stereocenters. The molecule has 5 nitrogen and oxygen atoms in total. The van der Waals surface area contributed by atoms with Crippen LogP contribution < -0.4 is 10.6 Å². The van der Waals surface area contributed by atoms with Crippen LogP contribution in [0, 0.1) is 6.92 Å². The molecule has 0 aliphatic heterocycles. The van der Waals surface area contributed by atoms with E-state index in [1.54, 1.807) is 7.11 Å². The van der Waals surface area contributed by atoms with Crippen molar-refractivity contribution in [1.29, 1.82) is 0 Å². The first-order chi connectivity index (χ1) is 10.1. The summed E-state index contributed by atoms with van der Waals surface area (Å²) in [7, 11) is 1.69. The highest BCUT2D eigenvalue weighted by molar-refractivity contribution is 7.80. The lowest BCUT2D eigenvalue weighted by atomic mass is 10.1. The molecule has 0 saturated carbocycles. The third-order valence-electron chi connectivity index (χ3n) is 3.35. The van der Waals surface area contributed by atoms with Crippen LogP contribution in [-0.4, -0.2) is 42.0 Å². The highest BCUT2D eigenvalue weighted by Crippen LogP contribution is 2.25. The largest absolute Gasteiger partial charge is 0.393 e. The zero-order valence-corrected chi connectivity index (χ0v) is 13.2. The van der Waals surface area contributed by atoms with E-state index in [2.05, 4.69) is 27.2 Å². The highest BCUT2D eigenvalue weighted by atomic mass is 32.1. The number of benzene rings is 1. The molecule has 2 N–H and O–H groups in total. The minimum atomic E-state index is 0.502. The standard InChI is InChI=1S/C15H20N4OS/c1-11-12-5-3-4-6-13(12)15(18-17-11)19(9-10-20-2)8-7-14(16)21/h3-6H,7-10H2,1-2H3,(H2,16,21). The summed E-state index contributed by atoms with van der Waals surface area (Å²) in [6.07, 6.45) is 0.642. The molecule has 0 aliphatic rings. The lowest BCUT2D eigenvalue weighted by molar-refractivity contribution is 0.205. The molecule has 0 atom stereocenters. The van der Waals surface area contributed by atoms with E-state index in [9.17, 15) is 0 Å². The summed E-state index contributed by atoms with van der Waals surface area (Å²) in [6, 6.07) is 8.14. The van der Waals surface area contributed by atoms with Gasteiger partial charge in [-0.2, -0.15) is 5.10 Å². The number of nitrogens with zero attached hydrogens (tertiary/aromatic N) is 3. The first kappa shape index (κ1) is 15.6. The summed E-state index contributed by atoms with van der Waals surface area (Å²) < 4.78 is 5.18. The molecule has 1 aromatic heterocycles. The first-order valence-corrected chi connectivity index (χ1v) is 7.28. The van der Waals surface area contributed by atoms with Crippen molar-refractivity contribution in [3.05, 3.63) is 30.0 Å². The zero-order chi connectivity index (χ0) is 15.2. The number of fused-ring (bicyclic) bond motifs is 1. The van der Waals surface area contributed by atoms with Crippen LogP contribution in [0.3, 0.4) is 0 Å². The number of hydrogen-bond acceptors (Lipinski definition) is 5. The molecule has 2 aromatic rings. The van der Waals surface area contributed by atoms with Crippen molar-refractivity contribution < 1.29 is 4.74 Å². The van der Waals surface area contributed by atoms with Gasteiger partial charge >= 0.3 is 0 Å². The maximum absolute atomic E-state index is 5.62. The van der Waals surface area contributed by atoms with Crippen LogP contribution >= 0.6 is 12.2 Å². The van der Waals surface area contributed by atoms with Gasteiger partial charge in [0.25, 0.3) is 0 Å². The fraction of sp³-hybridized carbons (Fsp3) is 0.400. The maximum Gasteiger partial charge on any atom is 0.159 e. The van der Waals surface area contributed by atoms with Gasteiger partial charge in [-0.3, -0.25) is 0 Å². The third-order valence-corrected chi connectivity index (χ3v) is 3.55. The topological polar surface area (TPSA) is 64.3 Å². The second kappa shape index (κ2) is 7.28. The van der Waals surface area contributed by atoms with Gasteiger partial charge in [0.1, 0.15) is 0 Å². The number of thiocarbonyl (C=S) groups is 1. The van der Waals surface area contributed by atoms with E-state index >= 15 is 0 Å². The van der Waals surface area contributed by atoms with E-state index < -0.39 is 0 Å². The molecule has 1 heterocycles. The van der Waals surface area contributed by atoms with Crippen LogP contribution in [0.5, 0.6) is 0 Å². The Morgan fingerprint density at radius 2 is 1.95 bits per heavy atom. The number of aryl methyl sites for hydroxylation is 1. The van der Waals surface area contributed by atoms with E-state index in [0.717, 1.165) is 28.8 Å². The van der Waals surface area contributed by atoms with Gasteiger partial charge in [-0.15, -0.1) is 5.10 Å². The molecule has 0 spiro atoms. The summed E-state index contributed by atoms with van der Waals surface area (Å²) >= 11 is 4.98. The van der Waals surface area contributed by atoms with Crippen LogP contribution in [-0.2, 0) is 4.74 Å². The molecule has 1 aromatic carbocycles. The molecule has 0 aliphatic carbocycles. The Bertz CT molecular complexity index is 632. The number of hydrogen-bond donors (Lipinski definition) is 1. The molecule has 0 fully saturated rings. The average molecular weight is 304 g/mol. The fourth-order valence-corrected chi connectivity index (χ4v) is 2.32. The number of methoxy groups -OCH3 is 1. The Balaban J connectivity index is 2.38. The highest BCUT2D eigenvalue weighted by Gasteiger charge is 2.14. The zero-order valence-electron chi connectivity index (χ0n) is 12.4. The lowest BCUT2D eigenvalue weighted by Crippen LogP contribution is -2.31. The summed E-state index contributed by atoms with van der Waals surface area (Å²) in [5.41, 5.74) is 6.55. The van der Waals surface area contributed by atoms with E-state index in [1.807, 2.05) is 19.1 Å². The first-order valence-electron chi connectivity index (χ1n) is 6.87. The van der Waals surface area contributed by atoms with Crippen LogP contribution in [0.2, 0.25) is 0 Å². The van der Waals surface area contributed by atoms with Crippen molar-refractivity contribution in [2.24, 2.45) is 5.73 Å². The molecule has 0 saturated heterocycles. The molecule has 2 rings (SSSR count). The molecular weight excluding hydrogens is 284 g/mol. The van der Waals surface area contributed by atoms with Gasteiger partial charge in [0.2, 0.25) is 0 Å². The van der Waals surface area contributed by atoms with Crippen molar-refractivity contribution in [2.75, 3.05) is 31.7 Å². The van der Waals surface area contributed by atoms with Crippen LogP contribution in [0.15, 0.2) is 24.3 Å². The maximum atomic E-state index is 5.62. The predicted molar refractivity (Wildman–Crippen MR) is 89.8 cm³/mol. The van der Waals surface area contributed by atoms with Gasteiger partial charge in [0, 0.05) is 37.4 Å². The molecule has 0 amide bonds. The minimum Gasteiger partial charge on any atom is -0.393 e. The van der Waals surface area contributed by atoms with Gasteiger partial charge in [0.15, 0.2) is 5.82 Å². The summed E-state index contributed by atoms with van der Waals surface area (Å²) in [4.78, 5) is 2.62. The fourth-order valence-electron chi connectivity index (χ4n) is 2.23. The number of aromatic nitrogens is 2. The van der Waals surface area contributed by atoms with Gasteiger partial charge in [-0.1, -0.05) is 36.5 Å². The molecule has 0 radical (unpaired) electrons. The molecular formula is C15H20N4OS. The third kappa shape index (κ3) is 3.86.